The summed E-state index contributed by atoms with van der Waals surface area (Å²) in [7, 11) is 1.83. The Morgan fingerprint density at radius 1 is 1.34 bits per heavy atom. The number of ether oxygens (including phenoxy) is 1. The van der Waals surface area contributed by atoms with E-state index < -0.39 is 11.7 Å². The molecule has 35 heavy (non-hydrogen) atoms. The van der Waals surface area contributed by atoms with Crippen LogP contribution in [0.3, 0.4) is 0 Å². The molecule has 0 bridgehead atoms. The first-order valence-corrected chi connectivity index (χ1v) is 11.8. The van der Waals surface area contributed by atoms with Gasteiger partial charge in [0.1, 0.15) is 0 Å². The third-order valence-corrected chi connectivity index (χ3v) is 6.34. The van der Waals surface area contributed by atoms with Gasteiger partial charge in [-0.2, -0.15) is 13.2 Å². The lowest BCUT2D eigenvalue weighted by atomic mass is 10.0. The van der Waals surface area contributed by atoms with Gasteiger partial charge in [-0.05, 0) is 32.0 Å². The fourth-order valence-corrected chi connectivity index (χ4v) is 4.28. The van der Waals surface area contributed by atoms with E-state index in [4.69, 9.17) is 4.74 Å². The molecule has 0 saturated carbocycles. The molecule has 0 radical (unpaired) electrons. The number of halogens is 3. The number of hydrogen-bond donors (Lipinski definition) is 1. The highest BCUT2D eigenvalue weighted by Gasteiger charge is 2.31. The van der Waals surface area contributed by atoms with Crippen LogP contribution in [0, 0.1) is 5.92 Å². The topological polar surface area (TPSA) is 83.7 Å². The molecule has 194 valence electrons. The zero-order valence-electron chi connectivity index (χ0n) is 20.4. The van der Waals surface area contributed by atoms with Crippen LogP contribution in [0.5, 0.6) is 0 Å². The molecule has 0 aliphatic carbocycles. The summed E-state index contributed by atoms with van der Waals surface area (Å²) < 4.78 is 47.3. The number of aliphatic hydroxyl groups excluding tert-OH is 1. The molecule has 0 fully saturated rings. The fraction of sp³-hybridized carbons (Fsp3) is 0.625. The molecule has 0 spiro atoms. The van der Waals surface area contributed by atoms with Gasteiger partial charge in [0.2, 0.25) is 5.91 Å². The summed E-state index contributed by atoms with van der Waals surface area (Å²) in [5.74, 6) is -0.141. The molecule has 2 aromatic rings. The summed E-state index contributed by atoms with van der Waals surface area (Å²) in [6.45, 7) is 5.60. The number of alkyl halides is 3. The van der Waals surface area contributed by atoms with Gasteiger partial charge < -0.3 is 14.7 Å². The van der Waals surface area contributed by atoms with E-state index in [9.17, 15) is 23.1 Å². The number of nitrogens with zero attached hydrogens (tertiary/aromatic N) is 5. The maximum absolute atomic E-state index is 13.1. The number of hydrogen-bond acceptors (Lipinski definition) is 6. The predicted octanol–water partition coefficient (Wildman–Crippen LogP) is 2.95. The van der Waals surface area contributed by atoms with E-state index in [1.54, 1.807) is 21.8 Å². The van der Waals surface area contributed by atoms with Gasteiger partial charge in [0.25, 0.3) is 0 Å². The van der Waals surface area contributed by atoms with Gasteiger partial charge in [-0.25, -0.2) is 4.68 Å². The number of aromatic nitrogens is 3. The van der Waals surface area contributed by atoms with E-state index in [1.165, 1.54) is 6.07 Å². The molecule has 0 unspecified atom stereocenters. The van der Waals surface area contributed by atoms with Crippen molar-refractivity contribution in [2.45, 2.75) is 64.7 Å². The molecule has 3 rings (SSSR count). The molecular weight excluding hydrogens is 463 g/mol. The van der Waals surface area contributed by atoms with Crippen molar-refractivity contribution in [1.29, 1.82) is 0 Å². The minimum Gasteiger partial charge on any atom is -0.394 e. The monoisotopic (exact) mass is 497 g/mol. The zero-order valence-corrected chi connectivity index (χ0v) is 20.4. The van der Waals surface area contributed by atoms with E-state index in [2.05, 4.69) is 10.3 Å². The quantitative estimate of drug-likeness (QED) is 0.661. The number of benzene rings is 1. The molecule has 11 heteroatoms. The first-order valence-electron chi connectivity index (χ1n) is 11.8. The predicted molar refractivity (Wildman–Crippen MR) is 123 cm³/mol. The average Bonchev–Trinajstić information content (AvgIpc) is 3.25. The molecule has 2 heterocycles. The number of aliphatic hydroxyl groups is 1. The molecule has 1 aromatic heterocycles. The maximum Gasteiger partial charge on any atom is 0.416 e. The zero-order chi connectivity index (χ0) is 25.6. The highest BCUT2D eigenvalue weighted by molar-refractivity contribution is 5.76. The number of fused-ring (bicyclic) bond motifs is 1. The second-order valence-corrected chi connectivity index (χ2v) is 9.35. The number of amides is 1. The molecule has 3 atom stereocenters. The van der Waals surface area contributed by atoms with Gasteiger partial charge in [0.05, 0.1) is 42.8 Å². The molecule has 1 amide bonds. The lowest BCUT2D eigenvalue weighted by Gasteiger charge is -2.35. The van der Waals surface area contributed by atoms with Crippen molar-refractivity contribution < 1.29 is 27.8 Å². The van der Waals surface area contributed by atoms with Gasteiger partial charge in [-0.3, -0.25) is 9.69 Å². The third-order valence-electron chi connectivity index (χ3n) is 6.34. The van der Waals surface area contributed by atoms with Crippen molar-refractivity contribution in [3.8, 4) is 0 Å². The third kappa shape index (κ3) is 7.49. The van der Waals surface area contributed by atoms with E-state index in [0.717, 1.165) is 17.8 Å². The smallest absolute Gasteiger partial charge is 0.394 e. The van der Waals surface area contributed by atoms with E-state index in [1.807, 2.05) is 25.8 Å². The van der Waals surface area contributed by atoms with Crippen LogP contribution in [0.1, 0.15) is 43.5 Å². The van der Waals surface area contributed by atoms with Crippen LogP contribution < -0.4 is 0 Å². The second kappa shape index (κ2) is 12.0. The van der Waals surface area contributed by atoms with Gasteiger partial charge in [-0.1, -0.05) is 30.3 Å². The number of aryl methyl sites for hydroxylation is 1. The van der Waals surface area contributed by atoms with E-state index in [-0.39, 0.29) is 37.2 Å². The highest BCUT2D eigenvalue weighted by atomic mass is 19.4. The summed E-state index contributed by atoms with van der Waals surface area (Å²) >= 11 is 0. The van der Waals surface area contributed by atoms with Crippen LogP contribution in [0.4, 0.5) is 13.2 Å². The SMILES string of the molecule is C[C@H]1CN([C@@H](C)CO)C(=O)CCCn2nncc2CO[C@@H]1CN(C)Cc1cccc(C(F)(F)F)c1. The summed E-state index contributed by atoms with van der Waals surface area (Å²) in [6.07, 6.45) is -2.15. The van der Waals surface area contributed by atoms with Gasteiger partial charge >= 0.3 is 6.18 Å². The Balaban J connectivity index is 1.78. The molecule has 1 aromatic carbocycles. The van der Waals surface area contributed by atoms with Crippen LogP contribution >= 0.6 is 0 Å². The number of carbonyl (C=O) groups is 1. The Bertz CT molecular complexity index is 968. The summed E-state index contributed by atoms with van der Waals surface area (Å²) in [4.78, 5) is 16.5. The number of likely N-dealkylation sites (N-methyl/N-ethyl adjacent to an activating group) is 1. The normalized spacial score (nSPS) is 21.4. The van der Waals surface area contributed by atoms with Crippen molar-refractivity contribution in [1.82, 2.24) is 24.8 Å². The van der Waals surface area contributed by atoms with Crippen LogP contribution in [0.15, 0.2) is 30.5 Å². The lowest BCUT2D eigenvalue weighted by Crippen LogP contribution is -2.47. The van der Waals surface area contributed by atoms with Crippen molar-refractivity contribution in [3.05, 3.63) is 47.3 Å². The van der Waals surface area contributed by atoms with E-state index in [0.29, 0.717) is 44.6 Å². The van der Waals surface area contributed by atoms with Crippen molar-refractivity contribution in [2.75, 3.05) is 26.7 Å². The Hall–Kier alpha value is -2.50. The molecular formula is C24H34F3N5O3. The van der Waals surface area contributed by atoms with Crippen LogP contribution in [-0.4, -0.2) is 74.7 Å². The van der Waals surface area contributed by atoms with Crippen LogP contribution in [-0.2, 0) is 35.4 Å². The molecule has 1 N–H and O–H groups in total. The second-order valence-electron chi connectivity index (χ2n) is 9.35. The molecule has 1 aliphatic rings. The fourth-order valence-electron chi connectivity index (χ4n) is 4.28. The maximum atomic E-state index is 13.1. The largest absolute Gasteiger partial charge is 0.416 e. The highest BCUT2D eigenvalue weighted by Crippen LogP contribution is 2.30. The summed E-state index contributed by atoms with van der Waals surface area (Å²) in [5.41, 5.74) is 0.680. The summed E-state index contributed by atoms with van der Waals surface area (Å²) in [5, 5.41) is 17.8. The van der Waals surface area contributed by atoms with Crippen molar-refractivity contribution in [2.24, 2.45) is 5.92 Å². The standard InChI is InChI=1S/C24H34F3N5O3/c1-17-12-31(18(2)15-33)23(34)8-5-9-32-21(11-28-29-32)16-35-22(17)14-30(3)13-19-6-4-7-20(10-19)24(25,26)27/h4,6-7,10-11,17-18,22,33H,5,8-9,12-16H2,1-3H3/t17-,18-,22+/m0/s1. The lowest BCUT2D eigenvalue weighted by molar-refractivity contribution is -0.138. The first kappa shape index (κ1) is 27.1. The minimum atomic E-state index is -4.39. The van der Waals surface area contributed by atoms with Crippen molar-refractivity contribution in [3.63, 3.8) is 0 Å². The summed E-state index contributed by atoms with van der Waals surface area (Å²) in [6, 6.07) is 4.97. The Labute approximate surface area is 203 Å². The first-order chi connectivity index (χ1) is 16.6. The molecule has 1 aliphatic heterocycles. The minimum absolute atomic E-state index is 0.0447. The van der Waals surface area contributed by atoms with Gasteiger partial charge in [0.15, 0.2) is 0 Å². The molecule has 8 nitrogen and oxygen atoms in total. The van der Waals surface area contributed by atoms with Crippen LogP contribution in [0.2, 0.25) is 0 Å². The number of carbonyl (C=O) groups excluding carboxylic acids is 1. The van der Waals surface area contributed by atoms with Gasteiger partial charge in [-0.15, -0.1) is 5.10 Å². The van der Waals surface area contributed by atoms with Gasteiger partial charge in [0, 0.05) is 38.5 Å². The van der Waals surface area contributed by atoms with Crippen LogP contribution in [0.25, 0.3) is 0 Å². The van der Waals surface area contributed by atoms with Crippen molar-refractivity contribution >= 4 is 5.91 Å². The number of rotatable bonds is 6. The van der Waals surface area contributed by atoms with E-state index >= 15 is 0 Å². The Morgan fingerprint density at radius 3 is 2.83 bits per heavy atom. The Kier molecular flexibility index (Phi) is 9.26. The Morgan fingerprint density at radius 2 is 2.11 bits per heavy atom. The molecule has 0 saturated heterocycles. The average molecular weight is 498 g/mol.